The van der Waals surface area contributed by atoms with Gasteiger partial charge in [0, 0.05) is 7.11 Å². The van der Waals surface area contributed by atoms with Gasteiger partial charge in [0.2, 0.25) is 0 Å². The third-order valence-electron chi connectivity index (χ3n) is 1.97. The summed E-state index contributed by atoms with van der Waals surface area (Å²) in [6.45, 7) is 0.256. The summed E-state index contributed by atoms with van der Waals surface area (Å²) >= 11 is 0. The number of nitrogens with two attached hydrogens (primary N) is 1. The van der Waals surface area contributed by atoms with Crippen molar-refractivity contribution in [2.24, 2.45) is 5.73 Å². The van der Waals surface area contributed by atoms with Crippen LogP contribution in [0.2, 0.25) is 0 Å². The van der Waals surface area contributed by atoms with Crippen molar-refractivity contribution < 1.29 is 13.9 Å². The Balaban J connectivity index is 3.35. The normalized spacial score (nSPS) is 10.1. The smallest absolute Gasteiger partial charge is 0.165 e. The highest BCUT2D eigenvalue weighted by atomic mass is 19.1. The van der Waals surface area contributed by atoms with Gasteiger partial charge in [-0.25, -0.2) is 4.39 Å². The van der Waals surface area contributed by atoms with Gasteiger partial charge in [0.25, 0.3) is 0 Å². The average Bonchev–Trinajstić information content (AvgIpc) is 2.20. The van der Waals surface area contributed by atoms with E-state index in [1.165, 1.54) is 26.4 Å². The van der Waals surface area contributed by atoms with Gasteiger partial charge >= 0.3 is 0 Å². The zero-order chi connectivity index (χ0) is 11.4. The van der Waals surface area contributed by atoms with Crippen LogP contribution in [-0.4, -0.2) is 20.1 Å². The number of methoxy groups -OCH3 is 2. The molecule has 0 aromatic heterocycles. The van der Waals surface area contributed by atoms with E-state index in [2.05, 4.69) is 0 Å². The largest absolute Gasteiger partial charge is 0.493 e. The first-order valence-electron chi connectivity index (χ1n) is 4.30. The zero-order valence-electron chi connectivity index (χ0n) is 8.63. The predicted octanol–water partition coefficient (Wildman–Crippen LogP) is 1.26. The number of benzene rings is 1. The van der Waals surface area contributed by atoms with Crippen LogP contribution in [0.5, 0.6) is 5.75 Å². The predicted molar refractivity (Wildman–Crippen MR) is 54.7 cm³/mol. The van der Waals surface area contributed by atoms with Crippen LogP contribution in [0.1, 0.15) is 11.1 Å². The van der Waals surface area contributed by atoms with E-state index in [-0.39, 0.29) is 23.8 Å². The van der Waals surface area contributed by atoms with E-state index >= 15 is 0 Å². The van der Waals surface area contributed by atoms with E-state index in [1.54, 1.807) is 0 Å². The first-order chi connectivity index (χ1) is 7.11. The summed E-state index contributed by atoms with van der Waals surface area (Å²) in [5.74, 6) is -0.794. The molecule has 0 unspecified atom stereocenters. The second-order valence-corrected chi connectivity index (χ2v) is 2.96. The summed E-state index contributed by atoms with van der Waals surface area (Å²) in [6.07, 6.45) is 0. The van der Waals surface area contributed by atoms with Gasteiger partial charge in [-0.2, -0.15) is 0 Å². The number of hydrogen-bond acceptors (Lipinski definition) is 3. The number of halogens is 1. The number of hydrogen-bond donors (Lipinski definition) is 2. The highest BCUT2D eigenvalue weighted by Gasteiger charge is 2.16. The molecular weight excluding hydrogens is 199 g/mol. The zero-order valence-corrected chi connectivity index (χ0v) is 8.63. The van der Waals surface area contributed by atoms with Crippen LogP contribution in [0, 0.1) is 11.2 Å². The van der Waals surface area contributed by atoms with Crippen LogP contribution in [0.15, 0.2) is 12.1 Å². The number of rotatable bonds is 4. The standard InChI is InChI=1S/C10H13FN2O2/c1-14-5-6-3-4-7(11)9(15-2)8(6)10(12)13/h3-4H,5H2,1-2H3,(H3,12,13). The highest BCUT2D eigenvalue weighted by Crippen LogP contribution is 2.26. The van der Waals surface area contributed by atoms with Crippen molar-refractivity contribution in [2.75, 3.05) is 14.2 Å². The molecule has 0 amide bonds. The van der Waals surface area contributed by atoms with Crippen molar-refractivity contribution in [1.29, 1.82) is 5.41 Å². The van der Waals surface area contributed by atoms with E-state index in [0.717, 1.165) is 0 Å². The van der Waals surface area contributed by atoms with Crippen LogP contribution < -0.4 is 10.5 Å². The Hall–Kier alpha value is -1.62. The molecule has 1 rings (SSSR count). The Morgan fingerprint density at radius 2 is 2.13 bits per heavy atom. The quantitative estimate of drug-likeness (QED) is 0.583. The lowest BCUT2D eigenvalue weighted by Crippen LogP contribution is -2.16. The third-order valence-corrected chi connectivity index (χ3v) is 1.97. The molecule has 82 valence electrons. The van der Waals surface area contributed by atoms with Crippen LogP contribution in [0.25, 0.3) is 0 Å². The van der Waals surface area contributed by atoms with Crippen LogP contribution in [0.3, 0.4) is 0 Å². The van der Waals surface area contributed by atoms with E-state index < -0.39 is 5.82 Å². The second kappa shape index (κ2) is 4.75. The van der Waals surface area contributed by atoms with Crippen LogP contribution in [-0.2, 0) is 11.3 Å². The molecule has 0 aliphatic carbocycles. The Kier molecular flexibility index (Phi) is 3.62. The van der Waals surface area contributed by atoms with E-state index in [1.807, 2.05) is 0 Å². The molecule has 0 aliphatic heterocycles. The molecule has 0 bridgehead atoms. The number of nitrogen functional groups attached to an aromatic ring is 1. The molecule has 0 saturated carbocycles. The lowest BCUT2D eigenvalue weighted by Gasteiger charge is -2.12. The third kappa shape index (κ3) is 2.24. The monoisotopic (exact) mass is 212 g/mol. The van der Waals surface area contributed by atoms with Gasteiger partial charge in [0.1, 0.15) is 5.84 Å². The van der Waals surface area contributed by atoms with E-state index in [0.29, 0.717) is 5.56 Å². The Bertz CT molecular complexity index is 380. The van der Waals surface area contributed by atoms with Crippen molar-refractivity contribution >= 4 is 5.84 Å². The maximum absolute atomic E-state index is 13.3. The minimum atomic E-state index is -0.539. The van der Waals surface area contributed by atoms with Crippen LogP contribution >= 0.6 is 0 Å². The fraction of sp³-hybridized carbons (Fsp3) is 0.300. The van der Waals surface area contributed by atoms with Crippen molar-refractivity contribution in [2.45, 2.75) is 6.61 Å². The van der Waals surface area contributed by atoms with Crippen molar-refractivity contribution in [3.05, 3.63) is 29.1 Å². The fourth-order valence-corrected chi connectivity index (χ4v) is 1.37. The molecule has 0 saturated heterocycles. The van der Waals surface area contributed by atoms with Crippen molar-refractivity contribution in [1.82, 2.24) is 0 Å². The first-order valence-corrected chi connectivity index (χ1v) is 4.30. The number of ether oxygens (including phenoxy) is 2. The van der Waals surface area contributed by atoms with Crippen LogP contribution in [0.4, 0.5) is 4.39 Å². The highest BCUT2D eigenvalue weighted by molar-refractivity contribution is 5.99. The summed E-state index contributed by atoms with van der Waals surface area (Å²) in [6, 6.07) is 2.79. The Morgan fingerprint density at radius 3 is 2.60 bits per heavy atom. The summed E-state index contributed by atoms with van der Waals surface area (Å²) in [4.78, 5) is 0. The first kappa shape index (κ1) is 11.5. The molecular formula is C10H13FN2O2. The van der Waals surface area contributed by atoms with Gasteiger partial charge < -0.3 is 15.2 Å². The molecule has 0 spiro atoms. The Morgan fingerprint density at radius 1 is 1.47 bits per heavy atom. The summed E-state index contributed by atoms with van der Waals surface area (Å²) in [5.41, 5.74) is 6.25. The van der Waals surface area contributed by atoms with Gasteiger partial charge in [-0.05, 0) is 11.6 Å². The van der Waals surface area contributed by atoms with Gasteiger partial charge in [-0.1, -0.05) is 6.07 Å². The maximum atomic E-state index is 13.3. The van der Waals surface area contributed by atoms with E-state index in [9.17, 15) is 4.39 Å². The Labute approximate surface area is 87.3 Å². The summed E-state index contributed by atoms with van der Waals surface area (Å²) in [7, 11) is 2.85. The lowest BCUT2D eigenvalue weighted by atomic mass is 10.1. The topological polar surface area (TPSA) is 68.3 Å². The molecule has 0 heterocycles. The van der Waals surface area contributed by atoms with Gasteiger partial charge in [0.05, 0.1) is 19.3 Å². The molecule has 15 heavy (non-hydrogen) atoms. The summed E-state index contributed by atoms with van der Waals surface area (Å²) in [5, 5.41) is 7.37. The average molecular weight is 212 g/mol. The molecule has 1 aromatic rings. The lowest BCUT2D eigenvalue weighted by molar-refractivity contribution is 0.184. The second-order valence-electron chi connectivity index (χ2n) is 2.96. The molecule has 0 aliphatic rings. The molecule has 0 radical (unpaired) electrons. The van der Waals surface area contributed by atoms with Gasteiger partial charge in [0.15, 0.2) is 11.6 Å². The molecule has 3 N–H and O–H groups in total. The molecule has 5 heteroatoms. The van der Waals surface area contributed by atoms with Gasteiger partial charge in [-0.15, -0.1) is 0 Å². The molecule has 0 atom stereocenters. The maximum Gasteiger partial charge on any atom is 0.165 e. The SMILES string of the molecule is COCc1ccc(F)c(OC)c1C(=N)N. The minimum Gasteiger partial charge on any atom is -0.493 e. The molecule has 1 aromatic carbocycles. The minimum absolute atomic E-state index is 0.0166. The number of nitrogens with one attached hydrogen (secondary N) is 1. The van der Waals surface area contributed by atoms with Crippen molar-refractivity contribution in [3.8, 4) is 5.75 Å². The van der Waals surface area contributed by atoms with E-state index in [4.69, 9.17) is 20.6 Å². The number of amidine groups is 1. The molecule has 4 nitrogen and oxygen atoms in total. The van der Waals surface area contributed by atoms with Crippen molar-refractivity contribution in [3.63, 3.8) is 0 Å². The van der Waals surface area contributed by atoms with Gasteiger partial charge in [-0.3, -0.25) is 5.41 Å². The molecule has 0 fully saturated rings. The fourth-order valence-electron chi connectivity index (χ4n) is 1.37. The summed E-state index contributed by atoms with van der Waals surface area (Å²) < 4.78 is 23.1.